The Morgan fingerprint density at radius 1 is 1.25 bits per heavy atom. The molecule has 20 heavy (non-hydrogen) atoms. The standard InChI is InChI=1S/C14H14N2O3S/c1-20-10-5-2-4-9(8-10)16-12(18)14(6-3-7-14)11(17)15-13(16)19/h2,4-5,8H,3,6-7H2,1H3,(H,15,17,19). The fourth-order valence-electron chi connectivity index (χ4n) is 2.63. The molecular formula is C14H14N2O3S. The quantitative estimate of drug-likeness (QED) is 0.669. The number of carbonyl (C=O) groups excluding carboxylic acids is 3. The lowest BCUT2D eigenvalue weighted by atomic mass is 9.66. The van der Waals surface area contributed by atoms with Crippen LogP contribution >= 0.6 is 11.8 Å². The van der Waals surface area contributed by atoms with Gasteiger partial charge in [0.2, 0.25) is 5.91 Å². The number of benzene rings is 1. The first-order chi connectivity index (χ1) is 9.58. The normalized spacial score (nSPS) is 20.9. The van der Waals surface area contributed by atoms with E-state index in [1.54, 1.807) is 18.2 Å². The molecule has 6 heteroatoms. The number of anilines is 1. The molecule has 0 radical (unpaired) electrons. The molecule has 0 aromatic heterocycles. The van der Waals surface area contributed by atoms with Gasteiger partial charge in [0.25, 0.3) is 5.91 Å². The summed E-state index contributed by atoms with van der Waals surface area (Å²) in [4.78, 5) is 38.6. The molecule has 1 aliphatic heterocycles. The summed E-state index contributed by atoms with van der Waals surface area (Å²) in [6, 6.07) is 6.54. The number of nitrogens with one attached hydrogen (secondary N) is 1. The number of nitrogens with zero attached hydrogens (tertiary/aromatic N) is 1. The number of hydrogen-bond donors (Lipinski definition) is 1. The van der Waals surface area contributed by atoms with Crippen LogP contribution in [0.4, 0.5) is 10.5 Å². The molecule has 104 valence electrons. The molecule has 4 amide bonds. The Kier molecular flexibility index (Phi) is 3.05. The van der Waals surface area contributed by atoms with Crippen LogP contribution in [0.3, 0.4) is 0 Å². The molecule has 1 spiro atoms. The van der Waals surface area contributed by atoms with E-state index < -0.39 is 23.3 Å². The van der Waals surface area contributed by atoms with Crippen LogP contribution in [0, 0.1) is 5.41 Å². The van der Waals surface area contributed by atoms with Gasteiger partial charge in [0.1, 0.15) is 5.41 Å². The van der Waals surface area contributed by atoms with Crippen LogP contribution in [-0.4, -0.2) is 24.1 Å². The van der Waals surface area contributed by atoms with Crippen molar-refractivity contribution >= 4 is 35.3 Å². The van der Waals surface area contributed by atoms with Crippen LogP contribution in [0.2, 0.25) is 0 Å². The van der Waals surface area contributed by atoms with Crippen LogP contribution in [0.15, 0.2) is 29.2 Å². The molecule has 2 fully saturated rings. The summed E-state index contributed by atoms with van der Waals surface area (Å²) >= 11 is 1.53. The number of urea groups is 1. The summed E-state index contributed by atoms with van der Waals surface area (Å²) in [6.45, 7) is 0. The third-order valence-corrected chi connectivity index (χ3v) is 4.71. The largest absolute Gasteiger partial charge is 0.335 e. The Bertz CT molecular complexity index is 610. The summed E-state index contributed by atoms with van der Waals surface area (Å²) in [5.41, 5.74) is -0.512. The van der Waals surface area contributed by atoms with Crippen molar-refractivity contribution in [3.05, 3.63) is 24.3 Å². The highest BCUT2D eigenvalue weighted by Crippen LogP contribution is 2.45. The minimum atomic E-state index is -1.02. The zero-order valence-corrected chi connectivity index (χ0v) is 11.8. The first-order valence-electron chi connectivity index (χ1n) is 6.42. The van der Waals surface area contributed by atoms with E-state index in [1.165, 1.54) is 11.8 Å². The minimum absolute atomic E-state index is 0.393. The van der Waals surface area contributed by atoms with Gasteiger partial charge in [0, 0.05) is 4.90 Å². The molecule has 1 aliphatic carbocycles. The summed E-state index contributed by atoms with van der Waals surface area (Å²) in [5.74, 6) is -0.841. The fraction of sp³-hybridized carbons (Fsp3) is 0.357. The highest BCUT2D eigenvalue weighted by molar-refractivity contribution is 7.98. The van der Waals surface area contributed by atoms with E-state index >= 15 is 0 Å². The predicted molar refractivity (Wildman–Crippen MR) is 75.5 cm³/mol. The molecule has 1 aromatic rings. The summed E-state index contributed by atoms with van der Waals surface area (Å²) < 4.78 is 0. The molecule has 1 saturated carbocycles. The van der Waals surface area contributed by atoms with Gasteiger partial charge in [-0.25, -0.2) is 9.69 Å². The Morgan fingerprint density at radius 2 is 2.00 bits per heavy atom. The number of hydrogen-bond acceptors (Lipinski definition) is 4. The van der Waals surface area contributed by atoms with Gasteiger partial charge in [-0.1, -0.05) is 12.5 Å². The van der Waals surface area contributed by atoms with Crippen LogP contribution < -0.4 is 10.2 Å². The van der Waals surface area contributed by atoms with E-state index in [9.17, 15) is 14.4 Å². The van der Waals surface area contributed by atoms with E-state index in [0.717, 1.165) is 16.2 Å². The molecule has 1 N–H and O–H groups in total. The van der Waals surface area contributed by atoms with E-state index in [2.05, 4.69) is 5.32 Å². The number of thioether (sulfide) groups is 1. The monoisotopic (exact) mass is 290 g/mol. The van der Waals surface area contributed by atoms with Crippen molar-refractivity contribution in [1.82, 2.24) is 5.32 Å². The highest BCUT2D eigenvalue weighted by atomic mass is 32.2. The lowest BCUT2D eigenvalue weighted by molar-refractivity contribution is -0.148. The van der Waals surface area contributed by atoms with Crippen LogP contribution in [0.25, 0.3) is 0 Å². The highest BCUT2D eigenvalue weighted by Gasteiger charge is 2.57. The van der Waals surface area contributed by atoms with Gasteiger partial charge in [-0.3, -0.25) is 14.9 Å². The second kappa shape index (κ2) is 4.63. The first-order valence-corrected chi connectivity index (χ1v) is 7.65. The summed E-state index contributed by atoms with van der Waals surface area (Å²) in [5, 5.41) is 2.31. The van der Waals surface area contributed by atoms with Crippen molar-refractivity contribution in [3.8, 4) is 0 Å². The Hall–Kier alpha value is -1.82. The molecule has 3 rings (SSSR count). The lowest BCUT2D eigenvalue weighted by Gasteiger charge is -2.44. The average Bonchev–Trinajstić information content (AvgIpc) is 2.37. The zero-order chi connectivity index (χ0) is 14.3. The van der Waals surface area contributed by atoms with Crippen molar-refractivity contribution < 1.29 is 14.4 Å². The van der Waals surface area contributed by atoms with Crippen LogP contribution in [0.1, 0.15) is 19.3 Å². The number of carbonyl (C=O) groups is 3. The predicted octanol–water partition coefficient (Wildman–Crippen LogP) is 2.16. The summed E-state index contributed by atoms with van der Waals surface area (Å²) in [6.07, 6.45) is 3.80. The Morgan fingerprint density at radius 3 is 2.60 bits per heavy atom. The van der Waals surface area contributed by atoms with Crippen molar-refractivity contribution in [2.45, 2.75) is 24.2 Å². The molecule has 0 atom stereocenters. The third-order valence-electron chi connectivity index (χ3n) is 3.99. The number of rotatable bonds is 2. The molecule has 0 bridgehead atoms. The Labute approximate surface area is 120 Å². The molecule has 1 saturated heterocycles. The smallest absolute Gasteiger partial charge is 0.276 e. The van der Waals surface area contributed by atoms with Gasteiger partial charge >= 0.3 is 6.03 Å². The molecular weight excluding hydrogens is 276 g/mol. The maximum Gasteiger partial charge on any atom is 0.335 e. The van der Waals surface area contributed by atoms with Crippen molar-refractivity contribution in [2.75, 3.05) is 11.2 Å². The molecule has 0 unspecified atom stereocenters. The summed E-state index contributed by atoms with van der Waals surface area (Å²) in [7, 11) is 0. The number of imide groups is 2. The van der Waals surface area contributed by atoms with E-state index in [-0.39, 0.29) is 0 Å². The first kappa shape index (κ1) is 13.2. The maximum absolute atomic E-state index is 12.6. The topological polar surface area (TPSA) is 66.5 Å². The number of amides is 4. The van der Waals surface area contributed by atoms with E-state index in [4.69, 9.17) is 0 Å². The van der Waals surface area contributed by atoms with Gasteiger partial charge < -0.3 is 0 Å². The van der Waals surface area contributed by atoms with E-state index in [0.29, 0.717) is 18.5 Å². The SMILES string of the molecule is CSc1cccc(N2C(=O)NC(=O)C3(CCC3)C2=O)c1. The average molecular weight is 290 g/mol. The second-order valence-corrected chi connectivity index (χ2v) is 5.92. The van der Waals surface area contributed by atoms with Gasteiger partial charge in [0.05, 0.1) is 5.69 Å². The minimum Gasteiger partial charge on any atom is -0.276 e. The third kappa shape index (κ3) is 1.75. The van der Waals surface area contributed by atoms with Crippen molar-refractivity contribution in [3.63, 3.8) is 0 Å². The van der Waals surface area contributed by atoms with Gasteiger partial charge in [-0.05, 0) is 37.3 Å². The lowest BCUT2D eigenvalue weighted by Crippen LogP contribution is -2.66. The van der Waals surface area contributed by atoms with Crippen LogP contribution in [-0.2, 0) is 9.59 Å². The Balaban J connectivity index is 2.01. The van der Waals surface area contributed by atoms with Gasteiger partial charge in [-0.2, -0.15) is 0 Å². The van der Waals surface area contributed by atoms with Crippen molar-refractivity contribution in [1.29, 1.82) is 0 Å². The number of barbiturate groups is 1. The molecule has 5 nitrogen and oxygen atoms in total. The fourth-order valence-corrected chi connectivity index (χ4v) is 3.08. The zero-order valence-electron chi connectivity index (χ0n) is 11.0. The van der Waals surface area contributed by atoms with Crippen LogP contribution in [0.5, 0.6) is 0 Å². The van der Waals surface area contributed by atoms with Crippen molar-refractivity contribution in [2.24, 2.45) is 5.41 Å². The van der Waals surface area contributed by atoms with E-state index in [1.807, 2.05) is 12.3 Å². The molecule has 1 aromatic carbocycles. The second-order valence-electron chi connectivity index (χ2n) is 5.04. The molecule has 1 heterocycles. The maximum atomic E-state index is 12.6. The molecule has 2 aliphatic rings. The van der Waals surface area contributed by atoms with Gasteiger partial charge in [0.15, 0.2) is 0 Å². The van der Waals surface area contributed by atoms with Gasteiger partial charge in [-0.15, -0.1) is 11.8 Å².